The van der Waals surface area contributed by atoms with Crippen LogP contribution in [0.25, 0.3) is 16.9 Å². The van der Waals surface area contributed by atoms with Gasteiger partial charge in [0.1, 0.15) is 5.56 Å². The zero-order valence-corrected chi connectivity index (χ0v) is 16.4. The van der Waals surface area contributed by atoms with Gasteiger partial charge in [-0.05, 0) is 30.3 Å². The number of carbonyl (C=O) groups is 1. The highest BCUT2D eigenvalue weighted by Gasteiger charge is 2.38. The molecule has 3 rings (SSSR count). The lowest BCUT2D eigenvalue weighted by Crippen LogP contribution is -2.42. The van der Waals surface area contributed by atoms with Gasteiger partial charge in [-0.15, -0.1) is 0 Å². The van der Waals surface area contributed by atoms with E-state index < -0.39 is 47.6 Å². The molecule has 0 aliphatic rings. The van der Waals surface area contributed by atoms with Crippen molar-refractivity contribution < 1.29 is 36.2 Å². The summed E-state index contributed by atoms with van der Waals surface area (Å²) in [6, 6.07) is 7.48. The molecule has 0 aliphatic carbocycles. The third-order valence-corrected chi connectivity index (χ3v) is 4.39. The zero-order valence-electron chi connectivity index (χ0n) is 16.4. The second-order valence-electron chi connectivity index (χ2n) is 6.71. The number of hydrogen-bond acceptors (Lipinski definition) is 5. The molecule has 0 spiro atoms. The SMILES string of the molecule is O=C(NC[C@H](O)C(F)(F)F)c1cc(-c2ccc(C(F)(F)F)cc2)nn(-c2cccnc2)c1=O. The molecule has 2 aromatic heterocycles. The molecule has 0 aliphatic heterocycles. The number of rotatable bonds is 5. The molecule has 0 saturated heterocycles. The smallest absolute Gasteiger partial charge is 0.382 e. The predicted octanol–water partition coefficient (Wildman–Crippen LogP) is 2.97. The Morgan fingerprint density at radius 1 is 1.09 bits per heavy atom. The third-order valence-electron chi connectivity index (χ3n) is 4.39. The first-order valence-corrected chi connectivity index (χ1v) is 9.13. The van der Waals surface area contributed by atoms with Gasteiger partial charge in [-0.1, -0.05) is 12.1 Å². The van der Waals surface area contributed by atoms with Gasteiger partial charge in [-0.25, -0.2) is 0 Å². The summed E-state index contributed by atoms with van der Waals surface area (Å²) in [5.41, 5.74) is -2.50. The number of nitrogens with one attached hydrogen (secondary N) is 1. The number of hydrogen-bond donors (Lipinski definition) is 2. The van der Waals surface area contributed by atoms with Crippen molar-refractivity contribution in [2.24, 2.45) is 0 Å². The Morgan fingerprint density at radius 3 is 2.30 bits per heavy atom. The second-order valence-corrected chi connectivity index (χ2v) is 6.71. The predicted molar refractivity (Wildman–Crippen MR) is 102 cm³/mol. The van der Waals surface area contributed by atoms with E-state index in [0.717, 1.165) is 35.0 Å². The van der Waals surface area contributed by atoms with Gasteiger partial charge >= 0.3 is 12.4 Å². The lowest BCUT2D eigenvalue weighted by molar-refractivity contribution is -0.201. The summed E-state index contributed by atoms with van der Waals surface area (Å²) in [5, 5.41) is 14.9. The van der Waals surface area contributed by atoms with E-state index in [1.54, 1.807) is 0 Å². The average molecular weight is 472 g/mol. The van der Waals surface area contributed by atoms with E-state index in [4.69, 9.17) is 5.11 Å². The van der Waals surface area contributed by atoms with Crippen LogP contribution >= 0.6 is 0 Å². The molecule has 1 atom stereocenters. The van der Waals surface area contributed by atoms with Crippen molar-refractivity contribution in [3.8, 4) is 16.9 Å². The highest BCUT2D eigenvalue weighted by Crippen LogP contribution is 2.30. The van der Waals surface area contributed by atoms with Crippen LogP contribution in [-0.4, -0.2) is 44.6 Å². The minimum absolute atomic E-state index is 0.0978. The maximum Gasteiger partial charge on any atom is 0.416 e. The van der Waals surface area contributed by atoms with E-state index in [0.29, 0.717) is 0 Å². The summed E-state index contributed by atoms with van der Waals surface area (Å²) in [5.74, 6) is -1.24. The molecule has 0 saturated carbocycles. The Morgan fingerprint density at radius 2 is 1.76 bits per heavy atom. The van der Waals surface area contributed by atoms with Gasteiger partial charge < -0.3 is 10.4 Å². The number of aliphatic hydroxyl groups excluding tert-OH is 1. The van der Waals surface area contributed by atoms with Crippen LogP contribution < -0.4 is 10.9 Å². The number of aliphatic hydroxyl groups is 1. The molecule has 3 aromatic rings. The number of amides is 1. The fourth-order valence-corrected chi connectivity index (χ4v) is 2.68. The molecular weight excluding hydrogens is 458 g/mol. The van der Waals surface area contributed by atoms with Crippen molar-refractivity contribution in [2.45, 2.75) is 18.5 Å². The Balaban J connectivity index is 2.06. The van der Waals surface area contributed by atoms with Crippen molar-refractivity contribution in [3.63, 3.8) is 0 Å². The Labute approximate surface area is 181 Å². The van der Waals surface area contributed by atoms with Crippen molar-refractivity contribution in [2.75, 3.05) is 6.54 Å². The maximum absolute atomic E-state index is 12.8. The van der Waals surface area contributed by atoms with Gasteiger partial charge in [-0.2, -0.15) is 36.1 Å². The number of aromatic nitrogens is 3. The molecule has 0 unspecified atom stereocenters. The minimum Gasteiger partial charge on any atom is -0.382 e. The number of benzene rings is 1. The first kappa shape index (κ1) is 23.9. The van der Waals surface area contributed by atoms with Crippen LogP contribution in [0.3, 0.4) is 0 Å². The summed E-state index contributed by atoms with van der Waals surface area (Å²) < 4.78 is 76.8. The number of nitrogens with zero attached hydrogens (tertiary/aromatic N) is 3. The quantitative estimate of drug-likeness (QED) is 0.557. The number of carbonyl (C=O) groups excluding carboxylic acids is 1. The van der Waals surface area contributed by atoms with Crippen molar-refractivity contribution in [3.05, 3.63) is 76.3 Å². The fourth-order valence-electron chi connectivity index (χ4n) is 2.68. The Hall–Kier alpha value is -3.74. The van der Waals surface area contributed by atoms with Crippen LogP contribution in [0.5, 0.6) is 0 Å². The van der Waals surface area contributed by atoms with Crippen LogP contribution in [0.15, 0.2) is 59.7 Å². The Kier molecular flexibility index (Phi) is 6.53. The van der Waals surface area contributed by atoms with Crippen LogP contribution in [0.2, 0.25) is 0 Å². The van der Waals surface area contributed by atoms with Gasteiger partial charge in [-0.3, -0.25) is 14.6 Å². The van der Waals surface area contributed by atoms with Gasteiger partial charge in [0.15, 0.2) is 6.10 Å². The zero-order chi connectivity index (χ0) is 24.4. The standard InChI is InChI=1S/C20H14F6N4O3/c21-19(22,23)12-5-3-11(4-6-12)15-8-14(17(32)28-10-16(31)20(24,25)26)18(33)30(29-15)13-2-1-7-27-9-13/h1-9,16,31H,10H2,(H,28,32)/t16-/m0/s1. The topological polar surface area (TPSA) is 97.1 Å². The molecule has 13 heteroatoms. The minimum atomic E-state index is -4.99. The summed E-state index contributed by atoms with van der Waals surface area (Å²) in [4.78, 5) is 29.1. The molecule has 174 valence electrons. The Bertz CT molecular complexity index is 1190. The molecular formula is C20H14F6N4O3. The second kappa shape index (κ2) is 9.02. The third kappa shape index (κ3) is 5.55. The highest BCUT2D eigenvalue weighted by atomic mass is 19.4. The van der Waals surface area contributed by atoms with Gasteiger partial charge in [0.2, 0.25) is 0 Å². The van der Waals surface area contributed by atoms with E-state index in [1.807, 2.05) is 5.32 Å². The van der Waals surface area contributed by atoms with Crippen molar-refractivity contribution in [1.82, 2.24) is 20.1 Å². The summed E-state index contributed by atoms with van der Waals surface area (Å²) >= 11 is 0. The van der Waals surface area contributed by atoms with Crippen LogP contribution in [0.4, 0.5) is 26.3 Å². The normalized spacial score (nSPS) is 12.9. The first-order valence-electron chi connectivity index (χ1n) is 9.13. The van der Waals surface area contributed by atoms with E-state index in [2.05, 4.69) is 10.1 Å². The van der Waals surface area contributed by atoms with Gasteiger partial charge in [0.05, 0.1) is 29.7 Å². The molecule has 2 N–H and O–H groups in total. The van der Waals surface area contributed by atoms with E-state index in [9.17, 15) is 35.9 Å². The molecule has 1 aromatic carbocycles. The molecule has 7 nitrogen and oxygen atoms in total. The lowest BCUT2D eigenvalue weighted by atomic mass is 10.1. The van der Waals surface area contributed by atoms with E-state index >= 15 is 0 Å². The molecule has 2 heterocycles. The van der Waals surface area contributed by atoms with Gasteiger partial charge in [0, 0.05) is 11.8 Å². The molecule has 33 heavy (non-hydrogen) atoms. The summed E-state index contributed by atoms with van der Waals surface area (Å²) in [6.45, 7) is -1.22. The largest absolute Gasteiger partial charge is 0.416 e. The number of halogens is 6. The van der Waals surface area contributed by atoms with Crippen molar-refractivity contribution in [1.29, 1.82) is 0 Å². The van der Waals surface area contributed by atoms with Crippen molar-refractivity contribution >= 4 is 5.91 Å². The van der Waals surface area contributed by atoms with E-state index in [1.165, 1.54) is 24.5 Å². The average Bonchev–Trinajstić information content (AvgIpc) is 2.76. The van der Waals surface area contributed by atoms with Crippen LogP contribution in [-0.2, 0) is 6.18 Å². The molecule has 0 radical (unpaired) electrons. The highest BCUT2D eigenvalue weighted by molar-refractivity contribution is 5.94. The molecule has 0 bridgehead atoms. The summed E-state index contributed by atoms with van der Waals surface area (Å²) in [7, 11) is 0. The molecule has 1 amide bonds. The lowest BCUT2D eigenvalue weighted by Gasteiger charge is -2.15. The maximum atomic E-state index is 12.8. The first-order chi connectivity index (χ1) is 15.4. The number of pyridine rings is 1. The monoisotopic (exact) mass is 472 g/mol. The molecule has 0 fully saturated rings. The van der Waals surface area contributed by atoms with Gasteiger partial charge in [0.25, 0.3) is 11.5 Å². The number of alkyl halides is 6. The summed E-state index contributed by atoms with van der Waals surface area (Å²) in [6.07, 6.45) is -9.84. The fraction of sp³-hybridized carbons (Fsp3) is 0.200. The van der Waals surface area contributed by atoms with Crippen LogP contribution in [0, 0.1) is 0 Å². The van der Waals surface area contributed by atoms with E-state index in [-0.39, 0.29) is 16.9 Å². The van der Waals surface area contributed by atoms with Crippen LogP contribution in [0.1, 0.15) is 15.9 Å².